The molecule has 27 heavy (non-hydrogen) atoms. The second-order valence-electron chi connectivity index (χ2n) is 6.95. The molecule has 2 bridgehead atoms. The van der Waals surface area contributed by atoms with Crippen molar-refractivity contribution < 1.29 is 32.3 Å². The molecule has 13 heteroatoms. The summed E-state index contributed by atoms with van der Waals surface area (Å²) < 4.78 is 24.2. The lowest BCUT2D eigenvalue weighted by Crippen LogP contribution is -2.50. The summed E-state index contributed by atoms with van der Waals surface area (Å²) in [4.78, 5) is 42.1. The van der Waals surface area contributed by atoms with Gasteiger partial charge in [0.15, 0.2) is 0 Å². The van der Waals surface area contributed by atoms with Crippen molar-refractivity contribution in [3.05, 3.63) is 0 Å². The van der Waals surface area contributed by atoms with Gasteiger partial charge >= 0.3 is 17.4 Å². The summed E-state index contributed by atoms with van der Waals surface area (Å²) in [5.41, 5.74) is 7.55. The summed E-state index contributed by atoms with van der Waals surface area (Å²) in [5, 5.41) is 4.05. The maximum atomic E-state index is 12.4. The van der Waals surface area contributed by atoms with Crippen molar-refractivity contribution in [2.45, 2.75) is 43.8 Å². The van der Waals surface area contributed by atoms with Gasteiger partial charge in [0.05, 0.1) is 12.6 Å². The molecular formula is C14H23N5O7S. The van der Waals surface area contributed by atoms with Crippen molar-refractivity contribution >= 4 is 29.2 Å². The molecule has 3 heterocycles. The highest BCUT2D eigenvalue weighted by Crippen LogP contribution is 2.30. The van der Waals surface area contributed by atoms with Crippen LogP contribution in [-0.2, 0) is 30.1 Å². The smallest absolute Gasteiger partial charge is 0.346 e. The summed E-state index contributed by atoms with van der Waals surface area (Å²) in [5.74, 6) is -0.640. The number of urea groups is 1. The standard InChI is InChI=1S/C14H23N5O7S/c15-12(20)4-8-3-9(16-5-8)7-25-17-13(21)11-2-1-10-6-18(11)14(22)19(10)26-27(23)24/h8-11,16H,1-7H2,(H2,15,20)(H,17,21)(H,23,24)/t8-,9+,10?,11?/m1/s1. The van der Waals surface area contributed by atoms with Gasteiger partial charge in [-0.3, -0.25) is 19.0 Å². The summed E-state index contributed by atoms with van der Waals surface area (Å²) in [6, 6.07) is -1.70. The molecule has 0 spiro atoms. The Morgan fingerprint density at radius 1 is 1.41 bits per heavy atom. The second-order valence-corrected chi connectivity index (χ2v) is 7.54. The largest absolute Gasteiger partial charge is 0.370 e. The van der Waals surface area contributed by atoms with Crippen molar-refractivity contribution in [2.75, 3.05) is 19.7 Å². The van der Waals surface area contributed by atoms with E-state index in [-0.39, 0.29) is 37.1 Å². The quantitative estimate of drug-likeness (QED) is 0.272. The highest BCUT2D eigenvalue weighted by molar-refractivity contribution is 7.74. The molecule has 0 saturated carbocycles. The second kappa shape index (κ2) is 8.48. The maximum absolute atomic E-state index is 12.4. The number of hydroxylamine groups is 3. The Balaban J connectivity index is 1.43. The molecule has 4 amide bonds. The van der Waals surface area contributed by atoms with E-state index in [9.17, 15) is 18.6 Å². The molecular weight excluding hydrogens is 382 g/mol. The van der Waals surface area contributed by atoms with Crippen LogP contribution in [-0.4, -0.2) is 74.4 Å². The third-order valence-electron chi connectivity index (χ3n) is 5.03. The Morgan fingerprint density at radius 2 is 2.19 bits per heavy atom. The van der Waals surface area contributed by atoms with E-state index in [1.165, 1.54) is 4.90 Å². The third kappa shape index (κ3) is 4.73. The molecule has 5 atom stereocenters. The summed E-state index contributed by atoms with van der Waals surface area (Å²) in [6.45, 7) is 1.13. The molecule has 0 radical (unpaired) electrons. The molecule has 0 aliphatic carbocycles. The van der Waals surface area contributed by atoms with Gasteiger partial charge in [-0.25, -0.2) is 10.3 Å². The van der Waals surface area contributed by atoms with E-state index < -0.39 is 29.3 Å². The first kappa shape index (κ1) is 19.9. The van der Waals surface area contributed by atoms with Crippen LogP contribution in [0.3, 0.4) is 0 Å². The Bertz CT molecular complexity index is 635. The van der Waals surface area contributed by atoms with Crippen LogP contribution in [0.1, 0.15) is 25.7 Å². The third-order valence-corrected chi connectivity index (χ3v) is 5.32. The van der Waals surface area contributed by atoms with Crippen molar-refractivity contribution in [3.63, 3.8) is 0 Å². The lowest BCUT2D eigenvalue weighted by atomic mass is 10.0. The molecule has 0 aromatic heterocycles. The Hall–Kier alpha value is -1.80. The number of fused-ring (bicyclic) bond motifs is 2. The van der Waals surface area contributed by atoms with Crippen LogP contribution in [0, 0.1) is 5.92 Å². The Kier molecular flexibility index (Phi) is 6.26. The summed E-state index contributed by atoms with van der Waals surface area (Å²) in [7, 11) is 0. The monoisotopic (exact) mass is 405 g/mol. The number of hydrogen-bond acceptors (Lipinski definition) is 7. The lowest BCUT2D eigenvalue weighted by Gasteiger charge is -2.29. The maximum Gasteiger partial charge on any atom is 0.346 e. The molecule has 3 saturated heterocycles. The average Bonchev–Trinajstić information content (AvgIpc) is 3.12. The van der Waals surface area contributed by atoms with Crippen LogP contribution in [0.4, 0.5) is 4.79 Å². The van der Waals surface area contributed by atoms with Gasteiger partial charge in [0.2, 0.25) is 5.91 Å². The van der Waals surface area contributed by atoms with Gasteiger partial charge in [0, 0.05) is 19.0 Å². The highest BCUT2D eigenvalue weighted by atomic mass is 32.2. The number of nitrogens with one attached hydrogen (secondary N) is 2. The summed E-state index contributed by atoms with van der Waals surface area (Å²) in [6.07, 6.45) is 1.90. The number of primary amides is 1. The zero-order valence-corrected chi connectivity index (χ0v) is 15.4. The van der Waals surface area contributed by atoms with E-state index >= 15 is 0 Å². The molecule has 5 N–H and O–H groups in total. The van der Waals surface area contributed by atoms with Crippen LogP contribution in [0.2, 0.25) is 0 Å². The van der Waals surface area contributed by atoms with E-state index in [1.54, 1.807) is 0 Å². The molecule has 3 fully saturated rings. The first-order valence-electron chi connectivity index (χ1n) is 8.67. The van der Waals surface area contributed by atoms with Crippen molar-refractivity contribution in [1.29, 1.82) is 0 Å². The molecule has 0 aromatic carbocycles. The molecule has 3 unspecified atom stereocenters. The molecule has 3 aliphatic heterocycles. The number of piperidine rings is 1. The van der Waals surface area contributed by atoms with Gasteiger partial charge in [-0.2, -0.15) is 9.27 Å². The van der Waals surface area contributed by atoms with Crippen LogP contribution in [0.5, 0.6) is 0 Å². The average molecular weight is 405 g/mol. The molecule has 0 aromatic rings. The van der Waals surface area contributed by atoms with Gasteiger partial charge in [0.1, 0.15) is 6.04 Å². The van der Waals surface area contributed by atoms with Crippen LogP contribution in [0.25, 0.3) is 0 Å². The predicted octanol–water partition coefficient (Wildman–Crippen LogP) is -1.78. The number of nitrogens with two attached hydrogens (primary N) is 1. The Morgan fingerprint density at radius 3 is 2.89 bits per heavy atom. The number of carbonyl (C=O) groups is 3. The number of rotatable bonds is 8. The number of nitrogens with zero attached hydrogens (tertiary/aromatic N) is 2. The number of carbonyl (C=O) groups excluding carboxylic acids is 3. The van der Waals surface area contributed by atoms with Crippen molar-refractivity contribution in [3.8, 4) is 0 Å². The van der Waals surface area contributed by atoms with Gasteiger partial charge in [-0.1, -0.05) is 0 Å². The van der Waals surface area contributed by atoms with Crippen LogP contribution in [0.15, 0.2) is 0 Å². The van der Waals surface area contributed by atoms with Gasteiger partial charge in [-0.15, -0.1) is 4.28 Å². The molecule has 12 nitrogen and oxygen atoms in total. The molecule has 152 valence electrons. The van der Waals surface area contributed by atoms with Gasteiger partial charge < -0.3 is 16.0 Å². The van der Waals surface area contributed by atoms with E-state index in [1.807, 2.05) is 0 Å². The fraction of sp³-hybridized carbons (Fsp3) is 0.786. The van der Waals surface area contributed by atoms with E-state index in [4.69, 9.17) is 15.1 Å². The van der Waals surface area contributed by atoms with Gasteiger partial charge in [0.25, 0.3) is 5.91 Å². The normalized spacial score (nSPS) is 31.2. The zero-order valence-electron chi connectivity index (χ0n) is 14.5. The molecule has 3 aliphatic rings. The first-order valence-corrected chi connectivity index (χ1v) is 9.70. The van der Waals surface area contributed by atoms with E-state index in [0.717, 1.165) is 11.5 Å². The molecule has 3 rings (SSSR count). The van der Waals surface area contributed by atoms with Gasteiger partial charge in [-0.05, 0) is 31.7 Å². The fourth-order valence-electron chi connectivity index (χ4n) is 3.82. The minimum Gasteiger partial charge on any atom is -0.370 e. The zero-order chi connectivity index (χ0) is 19.6. The minimum atomic E-state index is -2.60. The highest BCUT2D eigenvalue weighted by Gasteiger charge is 2.48. The van der Waals surface area contributed by atoms with Crippen molar-refractivity contribution in [2.24, 2.45) is 11.7 Å². The first-order chi connectivity index (χ1) is 12.8. The van der Waals surface area contributed by atoms with Crippen molar-refractivity contribution in [1.82, 2.24) is 20.8 Å². The van der Waals surface area contributed by atoms with E-state index in [0.29, 0.717) is 25.8 Å². The van der Waals surface area contributed by atoms with E-state index in [2.05, 4.69) is 15.1 Å². The lowest BCUT2D eigenvalue weighted by molar-refractivity contribution is -0.139. The topological polar surface area (TPSA) is 164 Å². The minimum absolute atomic E-state index is 0.00206. The number of amides is 4. The van der Waals surface area contributed by atoms with Crippen LogP contribution >= 0.6 is 0 Å². The SMILES string of the molecule is NC(=O)C[C@@H]1CN[C@H](CONC(=O)C2CCC3CN2C(=O)N3OS(=O)O)C1. The fourth-order valence-corrected chi connectivity index (χ4v) is 4.14. The summed E-state index contributed by atoms with van der Waals surface area (Å²) >= 11 is -2.60. The predicted molar refractivity (Wildman–Crippen MR) is 90.4 cm³/mol. The number of hydrogen-bond donors (Lipinski definition) is 4. The van der Waals surface area contributed by atoms with Crippen LogP contribution < -0.4 is 16.5 Å². The Labute approximate surface area is 158 Å².